The Labute approximate surface area is 25.2 Å². The maximum atomic E-state index is 9.31. The lowest BCUT2D eigenvalue weighted by atomic mass is 10.7. The van der Waals surface area contributed by atoms with Gasteiger partial charge in [0.2, 0.25) is 0 Å². The molecule has 1 unspecified atom stereocenters. The molecule has 2 heteroatoms. The minimum absolute atomic E-state index is 0.917. The Morgan fingerprint density at radius 1 is 2.00 bits per heavy atom. The van der Waals surface area contributed by atoms with Crippen LogP contribution in [0.4, 0.5) is 0 Å². The maximum absolute atomic E-state index is 9.31. The fourth-order valence-electron chi connectivity index (χ4n) is 0. The second-order valence-electron chi connectivity index (χ2n) is 0.705. The van der Waals surface area contributed by atoms with Gasteiger partial charge in [0.15, 0.2) is 0 Å². The summed E-state index contributed by atoms with van der Waals surface area (Å²) in [6.45, 7) is 1.39. The van der Waals surface area contributed by atoms with Crippen LogP contribution in [-0.4, -0.2) is 6.23 Å². The summed E-state index contributed by atoms with van der Waals surface area (Å²) in [5.41, 5.74) is 4.56. The van der Waals surface area contributed by atoms with E-state index in [2.05, 4.69) is 5.73 Å². The summed E-state index contributed by atoms with van der Waals surface area (Å²) in [6, 6.07) is 0. The molecule has 0 rings (SSSR count). The van der Waals surface area contributed by atoms with E-state index in [-0.39, 0.29) is 0 Å². The summed E-state index contributed by atoms with van der Waals surface area (Å²) in [6.07, 6.45) is -0.917. The van der Waals surface area contributed by atoms with Gasteiger partial charge in [0, 0.05) is 0 Å². The van der Waals surface area contributed by atoms with E-state index < -0.39 is 6.23 Å². The molecule has 0 aromatic rings. The molecule has 0 aromatic carbocycles. The first-order valence-corrected chi connectivity index (χ1v) is 1.15. The quantitative estimate of drug-likeness (QED) is 0.384. The van der Waals surface area contributed by atoms with Crippen LogP contribution in [0.25, 0.3) is 0 Å². The molecule has 0 amide bonds. The fraction of sp³-hybridized carbons (Fsp3) is 1.00. The molecule has 4 heavy (non-hydrogen) atoms. The maximum Gasteiger partial charge on any atom is 0.138 e. The number of nitrogens with two attached hydrogens (primary N) is 1. The normalized spacial score (nSPS) is 15.8. The van der Waals surface area contributed by atoms with E-state index >= 15 is 0 Å². The summed E-state index contributed by atoms with van der Waals surface area (Å²) in [5.74, 6) is 0. The Bertz CT molecular complexity index is 10.8. The standard InChI is InChI=1S/C2H6NO/c1-2(3)4/h2H,3H2,1H3. The second kappa shape index (κ2) is 1.26. The summed E-state index contributed by atoms with van der Waals surface area (Å²) >= 11 is 0. The van der Waals surface area contributed by atoms with Crippen molar-refractivity contribution in [1.82, 2.24) is 0 Å². The minimum Gasteiger partial charge on any atom is -0.304 e. The van der Waals surface area contributed by atoms with Crippen molar-refractivity contribution in [3.05, 3.63) is 0 Å². The Morgan fingerprint density at radius 2 is 2.00 bits per heavy atom. The van der Waals surface area contributed by atoms with Crippen molar-refractivity contribution in [2.24, 2.45) is 5.73 Å². The molecule has 0 aliphatic carbocycles. The van der Waals surface area contributed by atoms with Crippen molar-refractivity contribution in [2.45, 2.75) is 13.2 Å². The zero-order valence-corrected chi connectivity index (χ0v) is 2.56. The lowest BCUT2D eigenvalue weighted by Gasteiger charge is -1.76. The van der Waals surface area contributed by atoms with Gasteiger partial charge in [-0.1, -0.05) is 0 Å². The molecule has 1 atom stereocenters. The lowest BCUT2D eigenvalue weighted by molar-refractivity contribution is 0.112. The van der Waals surface area contributed by atoms with Gasteiger partial charge in [0.25, 0.3) is 0 Å². The van der Waals surface area contributed by atoms with Crippen LogP contribution >= 0.6 is 0 Å². The van der Waals surface area contributed by atoms with Gasteiger partial charge in [-0.2, -0.15) is 0 Å². The van der Waals surface area contributed by atoms with Crippen LogP contribution in [0.5, 0.6) is 0 Å². The highest BCUT2D eigenvalue weighted by molar-refractivity contribution is 4.15. The number of hydrogen-bond acceptors (Lipinski definition) is 1. The van der Waals surface area contributed by atoms with Crippen LogP contribution < -0.4 is 5.73 Å². The van der Waals surface area contributed by atoms with Crippen molar-refractivity contribution in [2.75, 3.05) is 0 Å². The summed E-state index contributed by atoms with van der Waals surface area (Å²) in [5, 5.41) is 9.31. The first-order valence-electron chi connectivity index (χ1n) is 1.15. The van der Waals surface area contributed by atoms with Gasteiger partial charge in [-0.25, -0.2) is 5.11 Å². The molecular weight excluding hydrogens is 54.0 g/mol. The molecule has 0 aromatic heterocycles. The molecule has 0 aliphatic rings. The molecule has 0 saturated heterocycles. The van der Waals surface area contributed by atoms with E-state index in [0.717, 1.165) is 0 Å². The summed E-state index contributed by atoms with van der Waals surface area (Å²) in [7, 11) is 0. The molecule has 0 heterocycles. The van der Waals surface area contributed by atoms with E-state index in [9.17, 15) is 5.11 Å². The van der Waals surface area contributed by atoms with E-state index in [4.69, 9.17) is 0 Å². The molecule has 0 aliphatic heterocycles. The zero-order valence-electron chi connectivity index (χ0n) is 2.56. The van der Waals surface area contributed by atoms with Crippen molar-refractivity contribution in [1.29, 1.82) is 0 Å². The minimum atomic E-state index is -0.917. The number of hydrogen-bond donors (Lipinski definition) is 1. The lowest BCUT2D eigenvalue weighted by Crippen LogP contribution is -2.09. The van der Waals surface area contributed by atoms with Crippen LogP contribution in [0.2, 0.25) is 0 Å². The first kappa shape index (κ1) is 3.92. The molecule has 0 saturated carbocycles. The van der Waals surface area contributed by atoms with Crippen LogP contribution in [0.1, 0.15) is 6.92 Å². The highest BCUT2D eigenvalue weighted by atomic mass is 16.3. The van der Waals surface area contributed by atoms with Gasteiger partial charge in [0.05, 0.1) is 0 Å². The van der Waals surface area contributed by atoms with Crippen LogP contribution in [-0.2, 0) is 5.11 Å². The number of rotatable bonds is 0. The van der Waals surface area contributed by atoms with Gasteiger partial charge >= 0.3 is 0 Å². The van der Waals surface area contributed by atoms with Gasteiger partial charge < -0.3 is 5.73 Å². The topological polar surface area (TPSA) is 45.9 Å². The zero-order chi connectivity index (χ0) is 3.58. The molecule has 2 N–H and O–H groups in total. The monoisotopic (exact) mass is 60.0 g/mol. The first-order chi connectivity index (χ1) is 1.73. The summed E-state index contributed by atoms with van der Waals surface area (Å²) in [4.78, 5) is 0. The predicted octanol–water partition coefficient (Wildman–Crippen LogP) is -0.278. The Kier molecular flexibility index (Phi) is 1.24. The van der Waals surface area contributed by atoms with Crippen molar-refractivity contribution in [3.8, 4) is 0 Å². The van der Waals surface area contributed by atoms with E-state index in [1.807, 2.05) is 0 Å². The molecular formula is C2H6NO. The van der Waals surface area contributed by atoms with E-state index in [1.165, 1.54) is 6.92 Å². The molecule has 2 nitrogen and oxygen atoms in total. The second-order valence-corrected chi connectivity index (χ2v) is 0.705. The molecule has 0 fully saturated rings. The third-order valence-electron chi connectivity index (χ3n) is 0. The van der Waals surface area contributed by atoms with Crippen LogP contribution in [0.3, 0.4) is 0 Å². The van der Waals surface area contributed by atoms with Gasteiger partial charge in [0.1, 0.15) is 6.23 Å². The smallest absolute Gasteiger partial charge is 0.138 e. The third-order valence-corrected chi connectivity index (χ3v) is 0. The average molecular weight is 60.1 g/mol. The molecule has 0 spiro atoms. The Balaban J connectivity index is 2.32. The predicted molar refractivity (Wildman–Crippen MR) is 14.3 cm³/mol. The SMILES string of the molecule is CC(N)[O]. The van der Waals surface area contributed by atoms with Crippen LogP contribution in [0, 0.1) is 0 Å². The largest absolute Gasteiger partial charge is 0.304 e. The average Bonchev–Trinajstić information content (AvgIpc) is 0.811. The van der Waals surface area contributed by atoms with E-state index in [1.54, 1.807) is 0 Å². The van der Waals surface area contributed by atoms with Gasteiger partial charge in [-0.05, 0) is 6.92 Å². The van der Waals surface area contributed by atoms with Crippen molar-refractivity contribution in [3.63, 3.8) is 0 Å². The molecule has 1 radical (unpaired) electrons. The summed E-state index contributed by atoms with van der Waals surface area (Å²) < 4.78 is 0. The highest BCUT2D eigenvalue weighted by Gasteiger charge is 1.72. The molecule has 0 bridgehead atoms. The van der Waals surface area contributed by atoms with Gasteiger partial charge in [-0.3, -0.25) is 0 Å². The Hall–Kier alpha value is -0.0800. The Morgan fingerprint density at radius 3 is 2.00 bits per heavy atom. The fourth-order valence-corrected chi connectivity index (χ4v) is 0. The van der Waals surface area contributed by atoms with Crippen molar-refractivity contribution < 1.29 is 5.11 Å². The van der Waals surface area contributed by atoms with Crippen LogP contribution in [0.15, 0.2) is 0 Å². The van der Waals surface area contributed by atoms with E-state index in [0.29, 0.717) is 0 Å². The van der Waals surface area contributed by atoms with Crippen molar-refractivity contribution >= 4 is 0 Å². The highest BCUT2D eigenvalue weighted by Crippen LogP contribution is 1.52. The van der Waals surface area contributed by atoms with Gasteiger partial charge in [-0.15, -0.1) is 0 Å². The molecule has 25 valence electrons. The third kappa shape index (κ3) is 254.